The predicted octanol–water partition coefficient (Wildman–Crippen LogP) is 3.21. The van der Waals surface area contributed by atoms with Gasteiger partial charge in [-0.3, -0.25) is 9.69 Å². The quantitative estimate of drug-likeness (QED) is 0.573. The minimum Gasteiger partial charge on any atom is -0.492 e. The van der Waals surface area contributed by atoms with Gasteiger partial charge < -0.3 is 9.64 Å². The van der Waals surface area contributed by atoms with Crippen LogP contribution in [0, 0.1) is 0 Å². The lowest BCUT2D eigenvalue weighted by Gasteiger charge is -2.21. The van der Waals surface area contributed by atoms with Gasteiger partial charge in [-0.2, -0.15) is 0 Å². The van der Waals surface area contributed by atoms with E-state index in [-0.39, 0.29) is 5.91 Å². The van der Waals surface area contributed by atoms with Crippen molar-refractivity contribution >= 4 is 44.4 Å². The molecule has 0 atom stereocenters. The van der Waals surface area contributed by atoms with E-state index < -0.39 is 0 Å². The molecule has 1 amide bonds. The maximum Gasteiger partial charge on any atom is 0.261 e. The summed E-state index contributed by atoms with van der Waals surface area (Å²) in [5.74, 6) is 0.751. The van der Waals surface area contributed by atoms with Crippen molar-refractivity contribution in [1.82, 2.24) is 4.98 Å². The molecule has 0 aliphatic heterocycles. The molecular weight excluding hydrogens is 390 g/mol. The average Bonchev–Trinajstić information content (AvgIpc) is 3.13. The Morgan fingerprint density at radius 1 is 1.21 bits per heavy atom. The van der Waals surface area contributed by atoms with E-state index in [1.165, 1.54) is 16.2 Å². The van der Waals surface area contributed by atoms with E-state index >= 15 is 0 Å². The number of carbonyl (C=O) groups is 1. The maximum atomic E-state index is 13.5. The van der Waals surface area contributed by atoms with Crippen molar-refractivity contribution in [2.45, 2.75) is 11.8 Å². The highest BCUT2D eigenvalue weighted by Gasteiger charge is 2.24. The van der Waals surface area contributed by atoms with E-state index in [1.54, 1.807) is 11.8 Å². The number of hydrogen-bond acceptors (Lipinski definition) is 5. The van der Waals surface area contributed by atoms with E-state index in [1.807, 2.05) is 60.5 Å². The lowest BCUT2D eigenvalue weighted by atomic mass is 10.2. The molecule has 148 valence electrons. The fraction of sp³-hybridized carbons (Fsp3) is 0.333. The van der Waals surface area contributed by atoms with Crippen molar-refractivity contribution in [3.8, 4) is 5.75 Å². The number of quaternary nitrogens is 1. The molecule has 0 fully saturated rings. The molecule has 3 aromatic rings. The Morgan fingerprint density at radius 3 is 2.71 bits per heavy atom. The third kappa shape index (κ3) is 4.48. The molecule has 0 aliphatic carbocycles. The molecule has 2 aromatic carbocycles. The van der Waals surface area contributed by atoms with Crippen molar-refractivity contribution in [3.63, 3.8) is 0 Å². The summed E-state index contributed by atoms with van der Waals surface area (Å²) in [6.07, 6.45) is 1.99. The van der Waals surface area contributed by atoms with E-state index in [0.29, 0.717) is 23.8 Å². The van der Waals surface area contributed by atoms with E-state index in [9.17, 15) is 4.79 Å². The van der Waals surface area contributed by atoms with Crippen LogP contribution in [0.1, 0.15) is 17.3 Å². The van der Waals surface area contributed by atoms with Crippen LogP contribution in [0.15, 0.2) is 47.4 Å². The molecule has 0 saturated heterocycles. The molecule has 1 N–H and O–H groups in total. The number of fused-ring (bicyclic) bond motifs is 1. The summed E-state index contributed by atoms with van der Waals surface area (Å²) >= 11 is 3.12. The predicted molar refractivity (Wildman–Crippen MR) is 118 cm³/mol. The third-order valence-corrected chi connectivity index (χ3v) is 6.16. The molecule has 0 saturated carbocycles. The smallest absolute Gasteiger partial charge is 0.261 e. The highest BCUT2D eigenvalue weighted by molar-refractivity contribution is 7.98. The maximum absolute atomic E-state index is 13.5. The van der Waals surface area contributed by atoms with Gasteiger partial charge in [-0.25, -0.2) is 4.98 Å². The number of thiazole rings is 1. The first-order chi connectivity index (χ1) is 13.5. The molecule has 7 heteroatoms. The molecule has 3 rings (SSSR count). The standard InChI is InChI=1S/C21H25N3O2S2/c1-5-26-16-10-8-12-18-19(16)22-21(28-18)24(14-13-23(2)3)20(25)15-9-6-7-11-17(15)27-4/h6-12H,5,13-14H2,1-4H3/p+1. The second kappa shape index (κ2) is 9.41. The Morgan fingerprint density at radius 2 is 2.00 bits per heavy atom. The SMILES string of the molecule is CCOc1cccc2sc(N(CC[NH+](C)C)C(=O)c3ccccc3SC)nc12. The second-order valence-corrected chi connectivity index (χ2v) is 8.50. The molecule has 0 aliphatic rings. The number of rotatable bonds is 8. The summed E-state index contributed by atoms with van der Waals surface area (Å²) in [5.41, 5.74) is 1.53. The second-order valence-electron chi connectivity index (χ2n) is 6.65. The fourth-order valence-electron chi connectivity index (χ4n) is 2.89. The third-order valence-electron chi connectivity index (χ3n) is 4.32. The fourth-order valence-corrected chi connectivity index (χ4v) is 4.48. The summed E-state index contributed by atoms with van der Waals surface area (Å²) in [6, 6.07) is 13.7. The topological polar surface area (TPSA) is 46.9 Å². The van der Waals surface area contributed by atoms with Gasteiger partial charge in [0.1, 0.15) is 11.3 Å². The first-order valence-electron chi connectivity index (χ1n) is 9.31. The van der Waals surface area contributed by atoms with Crippen molar-refractivity contribution in [2.75, 3.05) is 44.9 Å². The number of amides is 1. The first kappa shape index (κ1) is 20.6. The number of nitrogens with zero attached hydrogens (tertiary/aromatic N) is 2. The van der Waals surface area contributed by atoms with Gasteiger partial charge in [0.15, 0.2) is 5.13 Å². The van der Waals surface area contributed by atoms with Gasteiger partial charge in [-0.15, -0.1) is 11.8 Å². The summed E-state index contributed by atoms with van der Waals surface area (Å²) in [6.45, 7) is 3.98. The first-order valence-corrected chi connectivity index (χ1v) is 11.4. The Labute approximate surface area is 174 Å². The highest BCUT2D eigenvalue weighted by Crippen LogP contribution is 2.35. The number of likely N-dealkylation sites (N-methyl/N-ethyl adjacent to an activating group) is 1. The number of para-hydroxylation sites is 1. The van der Waals surface area contributed by atoms with Gasteiger partial charge in [0.25, 0.3) is 5.91 Å². The van der Waals surface area contributed by atoms with E-state index in [2.05, 4.69) is 14.1 Å². The van der Waals surface area contributed by atoms with Gasteiger partial charge in [-0.1, -0.05) is 29.5 Å². The van der Waals surface area contributed by atoms with Gasteiger partial charge in [0, 0.05) is 4.90 Å². The van der Waals surface area contributed by atoms with Crippen LogP contribution < -0.4 is 14.5 Å². The summed E-state index contributed by atoms with van der Waals surface area (Å²) in [7, 11) is 4.17. The highest BCUT2D eigenvalue weighted by atomic mass is 32.2. The van der Waals surface area contributed by atoms with Crippen molar-refractivity contribution in [1.29, 1.82) is 0 Å². The van der Waals surface area contributed by atoms with Crippen LogP contribution in [-0.2, 0) is 0 Å². The molecule has 1 heterocycles. The van der Waals surface area contributed by atoms with Gasteiger partial charge in [0.2, 0.25) is 0 Å². The van der Waals surface area contributed by atoms with Crippen molar-refractivity contribution < 1.29 is 14.4 Å². The Hall–Kier alpha value is -2.09. The molecule has 28 heavy (non-hydrogen) atoms. The number of nitrogens with one attached hydrogen (secondary N) is 1. The van der Waals surface area contributed by atoms with Crippen LogP contribution in [0.4, 0.5) is 5.13 Å². The minimum absolute atomic E-state index is 0.0109. The Bertz CT molecular complexity index is 956. The number of carbonyl (C=O) groups excluding carboxylic acids is 1. The molecule has 0 unspecified atom stereocenters. The zero-order valence-electron chi connectivity index (χ0n) is 16.7. The van der Waals surface area contributed by atoms with Crippen LogP contribution in [0.5, 0.6) is 5.75 Å². The normalized spacial score (nSPS) is 11.2. The van der Waals surface area contributed by atoms with Crippen molar-refractivity contribution in [2.24, 2.45) is 0 Å². The van der Waals surface area contributed by atoms with Crippen LogP contribution >= 0.6 is 23.1 Å². The summed E-state index contributed by atoms with van der Waals surface area (Å²) in [5, 5.41) is 0.712. The molecule has 1 aromatic heterocycles. The summed E-state index contributed by atoms with van der Waals surface area (Å²) in [4.78, 5) is 22.3. The van der Waals surface area contributed by atoms with E-state index in [4.69, 9.17) is 9.72 Å². The molecule has 0 spiro atoms. The molecule has 5 nitrogen and oxygen atoms in total. The molecule has 0 bridgehead atoms. The Kier molecular flexibility index (Phi) is 6.93. The lowest BCUT2D eigenvalue weighted by Crippen LogP contribution is -3.06. The van der Waals surface area contributed by atoms with Crippen LogP contribution in [0.25, 0.3) is 10.2 Å². The van der Waals surface area contributed by atoms with Crippen LogP contribution in [0.3, 0.4) is 0 Å². The largest absolute Gasteiger partial charge is 0.492 e. The molecular formula is C21H26N3O2S2+. The van der Waals surface area contributed by atoms with Gasteiger partial charge in [0.05, 0.1) is 44.1 Å². The monoisotopic (exact) mass is 416 g/mol. The van der Waals surface area contributed by atoms with Gasteiger partial charge in [-0.05, 0) is 37.4 Å². The zero-order chi connectivity index (χ0) is 20.1. The van der Waals surface area contributed by atoms with Gasteiger partial charge >= 0.3 is 0 Å². The molecule has 0 radical (unpaired) electrons. The van der Waals surface area contributed by atoms with Crippen molar-refractivity contribution in [3.05, 3.63) is 48.0 Å². The van der Waals surface area contributed by atoms with E-state index in [0.717, 1.165) is 27.4 Å². The van der Waals surface area contributed by atoms with Crippen LogP contribution in [0.2, 0.25) is 0 Å². The van der Waals surface area contributed by atoms with Crippen LogP contribution in [-0.4, -0.2) is 50.9 Å². The average molecular weight is 417 g/mol. The summed E-state index contributed by atoms with van der Waals surface area (Å²) < 4.78 is 6.75. The number of thioether (sulfide) groups is 1. The number of benzene rings is 2. The number of anilines is 1. The Balaban J connectivity index is 2.03. The number of aromatic nitrogens is 1. The zero-order valence-corrected chi connectivity index (χ0v) is 18.3. The number of ether oxygens (including phenoxy) is 1. The lowest BCUT2D eigenvalue weighted by molar-refractivity contribution is -0.856. The number of hydrogen-bond donors (Lipinski definition) is 1. The minimum atomic E-state index is -0.0109.